The van der Waals surface area contributed by atoms with Crippen molar-refractivity contribution in [1.29, 1.82) is 0 Å². The third kappa shape index (κ3) is 5.42. The van der Waals surface area contributed by atoms with Crippen molar-refractivity contribution in [2.24, 2.45) is 0 Å². The van der Waals surface area contributed by atoms with Gasteiger partial charge in [-0.05, 0) is 55.0 Å². The van der Waals surface area contributed by atoms with Gasteiger partial charge in [0.1, 0.15) is 5.76 Å². The van der Waals surface area contributed by atoms with Crippen molar-refractivity contribution in [3.8, 4) is 0 Å². The van der Waals surface area contributed by atoms with Crippen LogP contribution in [0.25, 0.3) is 6.08 Å². The monoisotopic (exact) mass is 396 g/mol. The highest BCUT2D eigenvalue weighted by molar-refractivity contribution is 7.89. The number of carbonyl (C=O) groups is 1. The molecule has 0 bridgehead atoms. The van der Waals surface area contributed by atoms with E-state index in [0.29, 0.717) is 11.4 Å². The molecular weight excluding hydrogens is 376 g/mol. The number of benzene rings is 2. The Kier molecular flexibility index (Phi) is 6.08. The fraction of sp³-hybridized carbons (Fsp3) is 0.0952. The van der Waals surface area contributed by atoms with Crippen molar-refractivity contribution in [2.75, 3.05) is 5.32 Å². The number of hydrogen-bond acceptors (Lipinski definition) is 4. The van der Waals surface area contributed by atoms with Gasteiger partial charge in [-0.1, -0.05) is 29.8 Å². The number of furan rings is 1. The van der Waals surface area contributed by atoms with E-state index in [2.05, 4.69) is 10.0 Å². The summed E-state index contributed by atoms with van der Waals surface area (Å²) in [6.45, 7) is 2.06. The highest BCUT2D eigenvalue weighted by atomic mass is 32.2. The minimum Gasteiger partial charge on any atom is -0.468 e. The molecule has 0 atom stereocenters. The molecular formula is C21H20N2O4S. The van der Waals surface area contributed by atoms with Gasteiger partial charge in [0.05, 0.1) is 17.7 Å². The Labute approximate surface area is 163 Å². The van der Waals surface area contributed by atoms with Crippen LogP contribution in [0.5, 0.6) is 0 Å². The van der Waals surface area contributed by atoms with E-state index in [4.69, 9.17) is 4.42 Å². The minimum absolute atomic E-state index is 0.0671. The van der Waals surface area contributed by atoms with Crippen LogP contribution in [0.15, 0.2) is 82.3 Å². The molecule has 1 amide bonds. The SMILES string of the molecule is Cc1ccc(/C=C/C(=O)Nc2ccc(S(=O)(=O)NCc3ccco3)cc2)cc1. The van der Waals surface area contributed by atoms with E-state index in [0.717, 1.165) is 11.1 Å². The molecule has 0 aliphatic rings. The Morgan fingerprint density at radius 2 is 1.75 bits per heavy atom. The molecule has 2 N–H and O–H groups in total. The Bertz CT molecular complexity index is 1050. The zero-order chi connectivity index (χ0) is 20.0. The maximum atomic E-state index is 12.3. The smallest absolute Gasteiger partial charge is 0.248 e. The van der Waals surface area contributed by atoms with Crippen LogP contribution < -0.4 is 10.0 Å². The molecule has 3 aromatic rings. The zero-order valence-electron chi connectivity index (χ0n) is 15.3. The van der Waals surface area contributed by atoms with Crippen LogP contribution in [0.4, 0.5) is 5.69 Å². The second-order valence-electron chi connectivity index (χ2n) is 6.16. The summed E-state index contributed by atoms with van der Waals surface area (Å²) in [5.74, 6) is 0.222. The Morgan fingerprint density at radius 3 is 2.39 bits per heavy atom. The Balaban J connectivity index is 1.58. The molecule has 0 aliphatic heterocycles. The molecule has 0 fully saturated rings. The van der Waals surface area contributed by atoms with E-state index in [9.17, 15) is 13.2 Å². The van der Waals surface area contributed by atoms with E-state index >= 15 is 0 Å². The van der Waals surface area contributed by atoms with E-state index in [-0.39, 0.29) is 17.3 Å². The molecule has 0 spiro atoms. The first-order valence-corrected chi connectivity index (χ1v) is 10.1. The Hall–Kier alpha value is -3.16. The van der Waals surface area contributed by atoms with Crippen molar-refractivity contribution in [1.82, 2.24) is 4.72 Å². The molecule has 3 rings (SSSR count). The van der Waals surface area contributed by atoms with Gasteiger partial charge in [0, 0.05) is 11.8 Å². The lowest BCUT2D eigenvalue weighted by molar-refractivity contribution is -0.111. The predicted molar refractivity (Wildman–Crippen MR) is 108 cm³/mol. The van der Waals surface area contributed by atoms with E-state index < -0.39 is 10.0 Å². The highest BCUT2D eigenvalue weighted by Crippen LogP contribution is 2.15. The number of sulfonamides is 1. The fourth-order valence-electron chi connectivity index (χ4n) is 2.41. The summed E-state index contributed by atoms with van der Waals surface area (Å²) >= 11 is 0. The van der Waals surface area contributed by atoms with E-state index in [1.165, 1.54) is 24.5 Å². The minimum atomic E-state index is -3.67. The molecule has 0 saturated heterocycles. The van der Waals surface area contributed by atoms with Crippen LogP contribution >= 0.6 is 0 Å². The van der Waals surface area contributed by atoms with Crippen LogP contribution in [0.2, 0.25) is 0 Å². The predicted octanol–water partition coefficient (Wildman–Crippen LogP) is 3.72. The lowest BCUT2D eigenvalue weighted by Gasteiger charge is -2.07. The second-order valence-corrected chi connectivity index (χ2v) is 7.93. The third-order valence-electron chi connectivity index (χ3n) is 3.95. The van der Waals surface area contributed by atoms with Crippen molar-refractivity contribution < 1.29 is 17.6 Å². The summed E-state index contributed by atoms with van der Waals surface area (Å²) in [7, 11) is -3.67. The molecule has 0 radical (unpaired) electrons. The Morgan fingerprint density at radius 1 is 1.04 bits per heavy atom. The third-order valence-corrected chi connectivity index (χ3v) is 5.37. The van der Waals surface area contributed by atoms with Gasteiger partial charge in [-0.2, -0.15) is 0 Å². The maximum Gasteiger partial charge on any atom is 0.248 e. The number of nitrogens with one attached hydrogen (secondary N) is 2. The molecule has 6 nitrogen and oxygen atoms in total. The van der Waals surface area contributed by atoms with E-state index in [1.807, 2.05) is 31.2 Å². The largest absolute Gasteiger partial charge is 0.468 e. The van der Waals surface area contributed by atoms with Crippen LogP contribution in [0.3, 0.4) is 0 Å². The van der Waals surface area contributed by atoms with Crippen molar-refractivity contribution in [3.05, 3.63) is 89.9 Å². The average Bonchev–Trinajstić information content (AvgIpc) is 3.20. The van der Waals surface area contributed by atoms with Gasteiger partial charge >= 0.3 is 0 Å². The number of rotatable bonds is 7. The van der Waals surface area contributed by atoms with Crippen molar-refractivity contribution in [3.63, 3.8) is 0 Å². The molecule has 2 aromatic carbocycles. The second kappa shape index (κ2) is 8.69. The first-order chi connectivity index (χ1) is 13.4. The highest BCUT2D eigenvalue weighted by Gasteiger charge is 2.14. The van der Waals surface area contributed by atoms with Gasteiger partial charge in [-0.15, -0.1) is 0 Å². The molecule has 1 heterocycles. The van der Waals surface area contributed by atoms with Gasteiger partial charge in [0.25, 0.3) is 0 Å². The summed E-state index contributed by atoms with van der Waals surface area (Å²) in [5, 5.41) is 2.70. The number of anilines is 1. The standard InChI is InChI=1S/C21H20N2O4S/c1-16-4-6-17(7-5-16)8-13-21(24)23-18-9-11-20(12-10-18)28(25,26)22-15-19-3-2-14-27-19/h2-14,22H,15H2,1H3,(H,23,24)/b13-8+. The van der Waals surface area contributed by atoms with Crippen molar-refractivity contribution >= 4 is 27.7 Å². The summed E-state index contributed by atoms with van der Waals surface area (Å²) in [4.78, 5) is 12.1. The molecule has 144 valence electrons. The molecule has 0 aliphatic carbocycles. The lowest BCUT2D eigenvalue weighted by Crippen LogP contribution is -2.23. The molecule has 28 heavy (non-hydrogen) atoms. The van der Waals surface area contributed by atoms with Crippen molar-refractivity contribution in [2.45, 2.75) is 18.4 Å². The molecule has 7 heteroatoms. The summed E-state index contributed by atoms with van der Waals surface area (Å²) in [5.41, 5.74) is 2.57. The number of carbonyl (C=O) groups excluding carboxylic acids is 1. The first kappa shape index (κ1) is 19.6. The van der Waals surface area contributed by atoms with Gasteiger partial charge in [0.2, 0.25) is 15.9 Å². The maximum absolute atomic E-state index is 12.3. The van der Waals surface area contributed by atoms with Crippen LogP contribution in [0, 0.1) is 6.92 Å². The average molecular weight is 396 g/mol. The summed E-state index contributed by atoms with van der Waals surface area (Å²) in [6.07, 6.45) is 4.63. The molecule has 0 unspecified atom stereocenters. The number of hydrogen-bond donors (Lipinski definition) is 2. The number of amides is 1. The zero-order valence-corrected chi connectivity index (χ0v) is 16.1. The normalized spacial score (nSPS) is 11.6. The van der Waals surface area contributed by atoms with Crippen LogP contribution in [0.1, 0.15) is 16.9 Å². The van der Waals surface area contributed by atoms with Gasteiger partial charge in [0.15, 0.2) is 0 Å². The summed E-state index contributed by atoms with van der Waals surface area (Å²) < 4.78 is 32.2. The van der Waals surface area contributed by atoms with Crippen LogP contribution in [-0.2, 0) is 21.4 Å². The van der Waals surface area contributed by atoms with Gasteiger partial charge < -0.3 is 9.73 Å². The quantitative estimate of drug-likeness (QED) is 0.596. The fourth-order valence-corrected chi connectivity index (χ4v) is 3.41. The topological polar surface area (TPSA) is 88.4 Å². The van der Waals surface area contributed by atoms with E-state index in [1.54, 1.807) is 30.3 Å². The van der Waals surface area contributed by atoms with Crippen LogP contribution in [-0.4, -0.2) is 14.3 Å². The molecule has 0 saturated carbocycles. The first-order valence-electron chi connectivity index (χ1n) is 8.60. The number of aryl methyl sites for hydroxylation is 1. The molecule has 1 aromatic heterocycles. The van der Waals surface area contributed by atoms with Gasteiger partial charge in [-0.3, -0.25) is 4.79 Å². The summed E-state index contributed by atoms with van der Waals surface area (Å²) in [6, 6.07) is 17.1. The lowest BCUT2D eigenvalue weighted by atomic mass is 10.1. The van der Waals surface area contributed by atoms with Gasteiger partial charge in [-0.25, -0.2) is 13.1 Å².